The Morgan fingerprint density at radius 3 is 2.55 bits per heavy atom. The number of carbonyl (C=O) groups is 1. The molecule has 1 saturated carbocycles. The number of ether oxygens (including phenoxy) is 1. The van der Waals surface area contributed by atoms with Crippen LogP contribution >= 0.6 is 0 Å². The maximum absolute atomic E-state index is 14.0. The van der Waals surface area contributed by atoms with Crippen molar-refractivity contribution in [2.24, 2.45) is 11.3 Å². The van der Waals surface area contributed by atoms with Crippen LogP contribution in [-0.4, -0.2) is 42.6 Å². The van der Waals surface area contributed by atoms with E-state index < -0.39 is 0 Å². The van der Waals surface area contributed by atoms with Gasteiger partial charge in [-0.05, 0) is 72.8 Å². The van der Waals surface area contributed by atoms with Crippen LogP contribution in [0.3, 0.4) is 0 Å². The quantitative estimate of drug-likeness (QED) is 0.686. The monoisotopic (exact) mass is 446 g/mol. The molecule has 1 saturated heterocycles. The molecule has 2 fully saturated rings. The molecule has 4 nitrogen and oxygen atoms in total. The molecule has 1 amide bonds. The maximum atomic E-state index is 14.0. The van der Waals surface area contributed by atoms with Gasteiger partial charge in [0, 0.05) is 38.4 Å². The number of fused-ring (bicyclic) bond motifs is 1. The molecular formula is C29H38N2O2. The molecule has 0 aromatic heterocycles. The molecule has 0 spiro atoms. The largest absolute Gasteiger partial charge is 0.381 e. The number of hydrogen-bond donors (Lipinski definition) is 1. The summed E-state index contributed by atoms with van der Waals surface area (Å²) in [7, 11) is 0. The predicted molar refractivity (Wildman–Crippen MR) is 133 cm³/mol. The van der Waals surface area contributed by atoms with Crippen molar-refractivity contribution in [3.8, 4) is 11.1 Å². The Kier molecular flexibility index (Phi) is 6.58. The Morgan fingerprint density at radius 2 is 1.79 bits per heavy atom. The van der Waals surface area contributed by atoms with Gasteiger partial charge in [0.15, 0.2) is 0 Å². The van der Waals surface area contributed by atoms with E-state index in [9.17, 15) is 4.79 Å². The van der Waals surface area contributed by atoms with E-state index in [4.69, 9.17) is 4.74 Å². The Balaban J connectivity index is 1.31. The topological polar surface area (TPSA) is 41.6 Å². The third-order valence-electron chi connectivity index (χ3n) is 8.39. The standard InChI is InChI=1S/C29H38N2O2/c1-21(2)29(14-10-27(19-29)30-26-12-16-33-17-13-26)28(32)31-15-11-23-8-9-24(18-25(23)20-31)22-6-4-3-5-7-22/h3-9,18,21,26-27,30H,10-17,19-20H2,1-2H3/t27-,29+/m1/s1. The molecular weight excluding hydrogens is 408 g/mol. The lowest BCUT2D eigenvalue weighted by atomic mass is 9.73. The SMILES string of the molecule is CC(C)[C@]1(C(=O)N2CCc3ccc(-c4ccccc4)cc3C2)CC[C@@H](NC2CCOCC2)C1. The van der Waals surface area contributed by atoms with E-state index >= 15 is 0 Å². The minimum atomic E-state index is -0.239. The van der Waals surface area contributed by atoms with E-state index in [0.717, 1.165) is 64.8 Å². The van der Waals surface area contributed by atoms with Crippen LogP contribution in [0.4, 0.5) is 0 Å². The third kappa shape index (κ3) is 4.61. The fourth-order valence-corrected chi connectivity index (χ4v) is 6.24. The molecule has 4 heteroatoms. The van der Waals surface area contributed by atoms with Crippen molar-refractivity contribution in [1.82, 2.24) is 10.2 Å². The van der Waals surface area contributed by atoms with Gasteiger partial charge in [-0.25, -0.2) is 0 Å². The lowest BCUT2D eigenvalue weighted by molar-refractivity contribution is -0.145. The number of hydrogen-bond acceptors (Lipinski definition) is 3. The van der Waals surface area contributed by atoms with Gasteiger partial charge < -0.3 is 15.0 Å². The fourth-order valence-electron chi connectivity index (χ4n) is 6.24. The van der Waals surface area contributed by atoms with Crippen molar-refractivity contribution in [3.05, 3.63) is 59.7 Å². The first kappa shape index (κ1) is 22.6. The predicted octanol–water partition coefficient (Wildman–Crippen LogP) is 5.20. The molecule has 5 rings (SSSR count). The number of benzene rings is 2. The van der Waals surface area contributed by atoms with Crippen molar-refractivity contribution >= 4 is 5.91 Å². The van der Waals surface area contributed by atoms with Gasteiger partial charge in [-0.2, -0.15) is 0 Å². The summed E-state index contributed by atoms with van der Waals surface area (Å²) in [6.45, 7) is 7.79. The summed E-state index contributed by atoms with van der Waals surface area (Å²) in [6, 6.07) is 18.3. The molecule has 0 unspecified atom stereocenters. The second-order valence-corrected chi connectivity index (χ2v) is 10.6. The highest BCUT2D eigenvalue weighted by Crippen LogP contribution is 2.46. The number of nitrogens with one attached hydrogen (secondary N) is 1. The Hall–Kier alpha value is -2.17. The second kappa shape index (κ2) is 9.60. The highest BCUT2D eigenvalue weighted by Gasteiger charge is 2.49. The van der Waals surface area contributed by atoms with Crippen molar-refractivity contribution in [1.29, 1.82) is 0 Å². The fraction of sp³-hybridized carbons (Fsp3) is 0.552. The van der Waals surface area contributed by atoms with E-state index in [0.29, 0.717) is 23.9 Å². The summed E-state index contributed by atoms with van der Waals surface area (Å²) in [4.78, 5) is 16.2. The summed E-state index contributed by atoms with van der Waals surface area (Å²) in [6.07, 6.45) is 6.20. The summed E-state index contributed by atoms with van der Waals surface area (Å²) >= 11 is 0. The molecule has 3 aliphatic rings. The van der Waals surface area contributed by atoms with Crippen molar-refractivity contribution in [2.45, 2.75) is 71.0 Å². The van der Waals surface area contributed by atoms with E-state index in [1.165, 1.54) is 22.3 Å². The van der Waals surface area contributed by atoms with Gasteiger partial charge in [0.05, 0.1) is 5.41 Å². The molecule has 176 valence electrons. The van der Waals surface area contributed by atoms with Crippen molar-refractivity contribution < 1.29 is 9.53 Å². The van der Waals surface area contributed by atoms with E-state index in [-0.39, 0.29) is 5.41 Å². The zero-order valence-corrected chi connectivity index (χ0v) is 20.2. The summed E-state index contributed by atoms with van der Waals surface area (Å²) in [5.74, 6) is 0.730. The number of carbonyl (C=O) groups excluding carboxylic acids is 1. The first-order valence-electron chi connectivity index (χ1n) is 12.9. The highest BCUT2D eigenvalue weighted by atomic mass is 16.5. The third-order valence-corrected chi connectivity index (χ3v) is 8.39. The zero-order chi connectivity index (χ0) is 22.8. The summed E-state index contributed by atoms with van der Waals surface area (Å²) in [5.41, 5.74) is 4.94. The minimum Gasteiger partial charge on any atom is -0.381 e. The molecule has 1 aliphatic carbocycles. The minimum absolute atomic E-state index is 0.239. The van der Waals surface area contributed by atoms with Crippen LogP contribution in [-0.2, 0) is 22.5 Å². The smallest absolute Gasteiger partial charge is 0.229 e. The van der Waals surface area contributed by atoms with Gasteiger partial charge >= 0.3 is 0 Å². The molecule has 2 aliphatic heterocycles. The summed E-state index contributed by atoms with van der Waals surface area (Å²) in [5, 5.41) is 3.88. The maximum Gasteiger partial charge on any atom is 0.229 e. The average molecular weight is 447 g/mol. The van der Waals surface area contributed by atoms with Crippen LogP contribution in [0.25, 0.3) is 11.1 Å². The molecule has 33 heavy (non-hydrogen) atoms. The summed E-state index contributed by atoms with van der Waals surface area (Å²) < 4.78 is 5.53. The van der Waals surface area contributed by atoms with Crippen LogP contribution < -0.4 is 5.32 Å². The van der Waals surface area contributed by atoms with Gasteiger partial charge in [-0.1, -0.05) is 56.3 Å². The highest BCUT2D eigenvalue weighted by molar-refractivity contribution is 5.84. The number of nitrogens with zero attached hydrogens (tertiary/aromatic N) is 1. The normalized spacial score (nSPS) is 25.9. The lowest BCUT2D eigenvalue weighted by Gasteiger charge is -2.40. The molecule has 1 N–H and O–H groups in total. The van der Waals surface area contributed by atoms with Crippen molar-refractivity contribution in [2.75, 3.05) is 19.8 Å². The van der Waals surface area contributed by atoms with Gasteiger partial charge in [-0.15, -0.1) is 0 Å². The Morgan fingerprint density at radius 1 is 1.00 bits per heavy atom. The lowest BCUT2D eigenvalue weighted by Crippen LogP contribution is -2.48. The molecule has 2 heterocycles. The Labute approximate surface area is 198 Å². The molecule has 2 atom stereocenters. The van der Waals surface area contributed by atoms with Crippen LogP contribution in [0.5, 0.6) is 0 Å². The van der Waals surface area contributed by atoms with Gasteiger partial charge in [0.2, 0.25) is 5.91 Å². The average Bonchev–Trinajstić information content (AvgIpc) is 3.29. The van der Waals surface area contributed by atoms with Crippen LogP contribution in [0, 0.1) is 11.3 Å². The second-order valence-electron chi connectivity index (χ2n) is 10.6. The van der Waals surface area contributed by atoms with E-state index in [1.807, 2.05) is 0 Å². The first-order valence-corrected chi connectivity index (χ1v) is 12.9. The van der Waals surface area contributed by atoms with E-state index in [1.54, 1.807) is 0 Å². The molecule has 2 aromatic rings. The van der Waals surface area contributed by atoms with Gasteiger partial charge in [0.1, 0.15) is 0 Å². The number of rotatable bonds is 5. The van der Waals surface area contributed by atoms with Crippen LogP contribution in [0.2, 0.25) is 0 Å². The van der Waals surface area contributed by atoms with E-state index in [2.05, 4.69) is 72.6 Å². The first-order chi connectivity index (χ1) is 16.0. The van der Waals surface area contributed by atoms with Crippen LogP contribution in [0.15, 0.2) is 48.5 Å². The number of amides is 1. The van der Waals surface area contributed by atoms with Crippen molar-refractivity contribution in [3.63, 3.8) is 0 Å². The molecule has 0 bridgehead atoms. The Bertz CT molecular complexity index is 967. The van der Waals surface area contributed by atoms with Gasteiger partial charge in [0.25, 0.3) is 0 Å². The molecule has 2 aromatic carbocycles. The van der Waals surface area contributed by atoms with Crippen LogP contribution in [0.1, 0.15) is 57.1 Å². The zero-order valence-electron chi connectivity index (χ0n) is 20.2. The van der Waals surface area contributed by atoms with Gasteiger partial charge in [-0.3, -0.25) is 4.79 Å². The molecule has 0 radical (unpaired) electrons.